The van der Waals surface area contributed by atoms with Gasteiger partial charge in [-0.2, -0.15) is 0 Å². The van der Waals surface area contributed by atoms with E-state index in [4.69, 9.17) is 23.2 Å². The van der Waals surface area contributed by atoms with E-state index in [9.17, 15) is 19.5 Å². The van der Waals surface area contributed by atoms with E-state index in [2.05, 4.69) is 5.32 Å². The lowest BCUT2D eigenvalue weighted by molar-refractivity contribution is -0.116. The highest BCUT2D eigenvalue weighted by Crippen LogP contribution is 2.21. The number of amides is 1. The minimum Gasteiger partial charge on any atom is -0.477 e. The molecule has 0 atom stereocenters. The van der Waals surface area contributed by atoms with Crippen molar-refractivity contribution in [1.29, 1.82) is 0 Å². The van der Waals surface area contributed by atoms with Crippen LogP contribution in [-0.4, -0.2) is 57.8 Å². The van der Waals surface area contributed by atoms with Crippen molar-refractivity contribution in [2.24, 2.45) is 0 Å². The Kier molecular flexibility index (Phi) is 8.49. The molecule has 2 rings (SSSR count). The fourth-order valence-electron chi connectivity index (χ4n) is 3.06. The summed E-state index contributed by atoms with van der Waals surface area (Å²) in [6.07, 6.45) is 1.63. The van der Waals surface area contributed by atoms with Gasteiger partial charge in [0.1, 0.15) is 5.56 Å². The molecule has 1 amide bonds. The molecule has 0 fully saturated rings. The molecule has 2 aromatic rings. The number of aromatic nitrogens is 1. The molecular weight excluding hydrogens is 417 g/mol. The minimum absolute atomic E-state index is 0.0678. The summed E-state index contributed by atoms with van der Waals surface area (Å²) < 4.78 is 1.72. The van der Waals surface area contributed by atoms with Crippen LogP contribution in [0.2, 0.25) is 0 Å². The number of carbonyl (C=O) groups is 2. The maximum Gasteiger partial charge on any atom is 0.341 e. The van der Waals surface area contributed by atoms with Gasteiger partial charge in [0, 0.05) is 61.1 Å². The minimum atomic E-state index is -1.26. The van der Waals surface area contributed by atoms with Crippen molar-refractivity contribution in [2.75, 3.05) is 36.7 Å². The van der Waals surface area contributed by atoms with Crippen LogP contribution < -0.4 is 10.7 Å². The molecule has 0 aliphatic rings. The Labute approximate surface area is 179 Å². The number of carboxylic acids is 1. The Balaban J connectivity index is 2.25. The highest BCUT2D eigenvalue weighted by Gasteiger charge is 2.16. The number of hydrogen-bond acceptors (Lipinski definition) is 4. The van der Waals surface area contributed by atoms with E-state index < -0.39 is 11.4 Å². The summed E-state index contributed by atoms with van der Waals surface area (Å²) in [6.45, 7) is 5.64. The maximum absolute atomic E-state index is 12.5. The highest BCUT2D eigenvalue weighted by molar-refractivity contribution is 6.18. The quantitative estimate of drug-likeness (QED) is 0.551. The van der Waals surface area contributed by atoms with Crippen LogP contribution in [0.3, 0.4) is 0 Å². The number of fused-ring (bicyclic) bond motifs is 1. The van der Waals surface area contributed by atoms with Gasteiger partial charge in [-0.15, -0.1) is 23.2 Å². The molecule has 1 aromatic carbocycles. The van der Waals surface area contributed by atoms with E-state index in [1.807, 2.05) is 18.7 Å². The summed E-state index contributed by atoms with van der Waals surface area (Å²) in [7, 11) is 0. The second kappa shape index (κ2) is 10.6. The molecule has 7 nitrogen and oxygen atoms in total. The molecule has 0 aliphatic heterocycles. The predicted molar refractivity (Wildman–Crippen MR) is 117 cm³/mol. The van der Waals surface area contributed by atoms with E-state index in [1.54, 1.807) is 22.8 Å². The number of carbonyl (C=O) groups excluding carboxylic acids is 1. The lowest BCUT2D eigenvalue weighted by Crippen LogP contribution is -2.31. The number of nitrogens with zero attached hydrogens (tertiary/aromatic N) is 2. The molecule has 0 spiro atoms. The number of nitrogens with one attached hydrogen (secondary N) is 1. The number of pyridine rings is 1. The average Bonchev–Trinajstić information content (AvgIpc) is 2.66. The fraction of sp³-hybridized carbons (Fsp3) is 0.450. The Morgan fingerprint density at radius 3 is 2.38 bits per heavy atom. The van der Waals surface area contributed by atoms with Gasteiger partial charge >= 0.3 is 5.97 Å². The van der Waals surface area contributed by atoms with E-state index in [-0.39, 0.29) is 23.9 Å². The first kappa shape index (κ1) is 23.2. The molecule has 29 heavy (non-hydrogen) atoms. The summed E-state index contributed by atoms with van der Waals surface area (Å²) in [6, 6.07) is 4.77. The normalized spacial score (nSPS) is 11.4. The van der Waals surface area contributed by atoms with E-state index in [0.29, 0.717) is 48.0 Å². The van der Waals surface area contributed by atoms with Gasteiger partial charge < -0.3 is 19.9 Å². The monoisotopic (exact) mass is 441 g/mol. The molecule has 158 valence electrons. The van der Waals surface area contributed by atoms with Gasteiger partial charge in [-0.25, -0.2) is 4.79 Å². The molecule has 1 heterocycles. The van der Waals surface area contributed by atoms with Gasteiger partial charge in [-0.1, -0.05) is 0 Å². The zero-order valence-electron chi connectivity index (χ0n) is 16.5. The first-order chi connectivity index (χ1) is 13.8. The molecule has 0 saturated heterocycles. The third-order valence-electron chi connectivity index (χ3n) is 4.56. The first-order valence-corrected chi connectivity index (χ1v) is 10.4. The summed E-state index contributed by atoms with van der Waals surface area (Å²) >= 11 is 11.5. The Morgan fingerprint density at radius 1 is 1.17 bits per heavy atom. The Bertz CT molecular complexity index is 937. The standard InChI is InChI=1S/C20H25Cl2N3O4/c1-13(2)25-12-16(20(28)29)19(27)15-4-3-14(11-17(15)25)23-18(26)5-8-24(9-6-21)10-7-22/h3-4,11-13H,5-10H2,1-2H3,(H,23,26)(H,28,29). The van der Waals surface area contributed by atoms with Gasteiger partial charge in [0.25, 0.3) is 0 Å². The van der Waals surface area contributed by atoms with E-state index >= 15 is 0 Å². The van der Waals surface area contributed by atoms with Crippen molar-refractivity contribution in [3.8, 4) is 0 Å². The molecule has 0 bridgehead atoms. The largest absolute Gasteiger partial charge is 0.477 e. The summed E-state index contributed by atoms with van der Waals surface area (Å²) in [5.74, 6) is -0.496. The average molecular weight is 442 g/mol. The van der Waals surface area contributed by atoms with Crippen LogP contribution in [0.1, 0.15) is 36.7 Å². The Morgan fingerprint density at radius 2 is 1.83 bits per heavy atom. The van der Waals surface area contributed by atoms with Crippen molar-refractivity contribution >= 4 is 51.7 Å². The molecule has 0 saturated carbocycles. The Hall–Kier alpha value is -2.09. The molecule has 0 unspecified atom stereocenters. The third kappa shape index (κ3) is 5.95. The number of hydrogen-bond donors (Lipinski definition) is 2. The van der Waals surface area contributed by atoms with Gasteiger partial charge in [0.2, 0.25) is 11.3 Å². The van der Waals surface area contributed by atoms with E-state index in [1.165, 1.54) is 6.20 Å². The molecule has 2 N–H and O–H groups in total. The summed E-state index contributed by atoms with van der Waals surface area (Å²) in [5.41, 5.74) is 0.293. The van der Waals surface area contributed by atoms with Gasteiger partial charge in [-0.3, -0.25) is 9.59 Å². The van der Waals surface area contributed by atoms with Crippen molar-refractivity contribution in [1.82, 2.24) is 9.47 Å². The number of halogens is 2. The highest BCUT2D eigenvalue weighted by atomic mass is 35.5. The fourth-order valence-corrected chi connectivity index (χ4v) is 3.54. The second-order valence-electron chi connectivity index (χ2n) is 6.93. The van der Waals surface area contributed by atoms with Gasteiger partial charge in [-0.05, 0) is 32.0 Å². The van der Waals surface area contributed by atoms with Crippen LogP contribution in [0, 0.1) is 0 Å². The van der Waals surface area contributed by atoms with Crippen molar-refractivity contribution in [3.63, 3.8) is 0 Å². The van der Waals surface area contributed by atoms with Crippen LogP contribution in [-0.2, 0) is 4.79 Å². The van der Waals surface area contributed by atoms with Crippen molar-refractivity contribution in [3.05, 3.63) is 40.2 Å². The van der Waals surface area contributed by atoms with Crippen LogP contribution in [0.15, 0.2) is 29.2 Å². The van der Waals surface area contributed by atoms with Gasteiger partial charge in [0.15, 0.2) is 0 Å². The molecule has 1 aromatic heterocycles. The van der Waals surface area contributed by atoms with Gasteiger partial charge in [0.05, 0.1) is 5.52 Å². The second-order valence-corrected chi connectivity index (χ2v) is 7.68. The number of rotatable bonds is 10. The number of carboxylic acid groups (broad SMARTS) is 1. The number of aromatic carboxylic acids is 1. The summed E-state index contributed by atoms with van der Waals surface area (Å²) in [4.78, 5) is 38.2. The van der Waals surface area contributed by atoms with Crippen LogP contribution in [0.5, 0.6) is 0 Å². The third-order valence-corrected chi connectivity index (χ3v) is 4.90. The lowest BCUT2D eigenvalue weighted by Gasteiger charge is -2.19. The topological polar surface area (TPSA) is 91.6 Å². The zero-order valence-corrected chi connectivity index (χ0v) is 18.0. The lowest BCUT2D eigenvalue weighted by atomic mass is 10.1. The molecular formula is C20H25Cl2N3O4. The smallest absolute Gasteiger partial charge is 0.341 e. The zero-order chi connectivity index (χ0) is 21.6. The number of benzene rings is 1. The predicted octanol–water partition coefficient (Wildman–Crippen LogP) is 3.39. The van der Waals surface area contributed by atoms with Crippen molar-refractivity contribution in [2.45, 2.75) is 26.3 Å². The van der Waals surface area contributed by atoms with Crippen LogP contribution in [0.25, 0.3) is 10.9 Å². The molecule has 0 radical (unpaired) electrons. The van der Waals surface area contributed by atoms with Crippen molar-refractivity contribution < 1.29 is 14.7 Å². The number of anilines is 1. The maximum atomic E-state index is 12.5. The molecule has 9 heteroatoms. The van der Waals surface area contributed by atoms with Crippen LogP contribution in [0.4, 0.5) is 5.69 Å². The first-order valence-electron chi connectivity index (χ1n) is 9.34. The van der Waals surface area contributed by atoms with Crippen LogP contribution >= 0.6 is 23.2 Å². The summed E-state index contributed by atoms with van der Waals surface area (Å²) in [5, 5.41) is 12.4. The van der Waals surface area contributed by atoms with E-state index in [0.717, 1.165) is 0 Å². The SMILES string of the molecule is CC(C)n1cc(C(=O)O)c(=O)c2ccc(NC(=O)CCN(CCCl)CCCl)cc21. The number of alkyl halides is 2. The molecule has 0 aliphatic carbocycles.